The van der Waals surface area contributed by atoms with Crippen LogP contribution in [0.5, 0.6) is 0 Å². The van der Waals surface area contributed by atoms with E-state index in [1.54, 1.807) is 41.2 Å². The molecule has 0 spiro atoms. The van der Waals surface area contributed by atoms with Crippen molar-refractivity contribution in [3.63, 3.8) is 0 Å². The summed E-state index contributed by atoms with van der Waals surface area (Å²) in [4.78, 5) is 39.8. The molecule has 0 saturated carbocycles. The minimum Gasteiger partial charge on any atom is -0.354 e. The number of anilines is 1. The van der Waals surface area contributed by atoms with Crippen molar-refractivity contribution in [1.29, 1.82) is 0 Å². The molecule has 186 valence electrons. The molecule has 2 aromatic heterocycles. The number of thioether (sulfide) groups is 1. The van der Waals surface area contributed by atoms with Crippen molar-refractivity contribution in [3.8, 4) is 10.4 Å². The lowest BCUT2D eigenvalue weighted by atomic mass is 10.1. The van der Waals surface area contributed by atoms with Crippen molar-refractivity contribution in [2.75, 3.05) is 37.8 Å². The van der Waals surface area contributed by atoms with Gasteiger partial charge in [0.05, 0.1) is 31.5 Å². The topological polar surface area (TPSA) is 78.4 Å². The van der Waals surface area contributed by atoms with Crippen LogP contribution in [0.15, 0.2) is 41.9 Å². The maximum atomic E-state index is 14.4. The van der Waals surface area contributed by atoms with Gasteiger partial charge in [-0.15, -0.1) is 23.1 Å². The molecule has 0 bridgehead atoms. The molecular formula is C25H24FN5O2S3. The summed E-state index contributed by atoms with van der Waals surface area (Å²) in [5.74, 6) is 0.0304. The zero-order valence-corrected chi connectivity index (χ0v) is 22.4. The van der Waals surface area contributed by atoms with E-state index in [4.69, 9.17) is 0 Å². The van der Waals surface area contributed by atoms with Crippen LogP contribution < -0.4 is 10.2 Å². The van der Waals surface area contributed by atoms with Crippen molar-refractivity contribution < 1.29 is 14.0 Å². The smallest absolute Gasteiger partial charge is 0.275 e. The number of nitrogens with zero attached hydrogens (tertiary/aromatic N) is 4. The third-order valence-corrected chi connectivity index (χ3v) is 9.30. The number of nitrogens with one attached hydrogen (secondary N) is 1. The molecular weight excluding hydrogens is 518 g/mol. The van der Waals surface area contributed by atoms with Crippen molar-refractivity contribution in [2.24, 2.45) is 0 Å². The normalized spacial score (nSPS) is 15.4. The number of thiazole rings is 2. The van der Waals surface area contributed by atoms with Crippen LogP contribution in [-0.4, -0.2) is 65.0 Å². The zero-order chi connectivity index (χ0) is 25.4. The van der Waals surface area contributed by atoms with E-state index in [9.17, 15) is 14.0 Å². The Labute approximate surface area is 220 Å². The molecule has 0 radical (unpaired) electrons. The predicted octanol–water partition coefficient (Wildman–Crippen LogP) is 4.88. The molecule has 1 aliphatic heterocycles. The van der Waals surface area contributed by atoms with E-state index in [-0.39, 0.29) is 23.0 Å². The third kappa shape index (κ3) is 4.70. The van der Waals surface area contributed by atoms with Gasteiger partial charge in [0.2, 0.25) is 0 Å². The summed E-state index contributed by atoms with van der Waals surface area (Å²) in [6.07, 6.45) is 0. The molecule has 1 saturated heterocycles. The van der Waals surface area contributed by atoms with Crippen LogP contribution in [0.3, 0.4) is 0 Å². The Balaban J connectivity index is 1.37. The average Bonchev–Trinajstić information content (AvgIpc) is 3.62. The molecule has 1 aliphatic rings. The highest BCUT2D eigenvalue weighted by Gasteiger charge is 2.34. The maximum Gasteiger partial charge on any atom is 0.275 e. The number of fused-ring (bicyclic) bond motifs is 1. The van der Waals surface area contributed by atoms with Gasteiger partial charge < -0.3 is 15.1 Å². The first-order valence-corrected chi connectivity index (χ1v) is 14.1. The fourth-order valence-corrected chi connectivity index (χ4v) is 6.91. The minimum absolute atomic E-state index is 0.191. The Morgan fingerprint density at radius 2 is 2.08 bits per heavy atom. The second-order valence-corrected chi connectivity index (χ2v) is 11.7. The van der Waals surface area contributed by atoms with Gasteiger partial charge in [0.1, 0.15) is 11.5 Å². The average molecular weight is 542 g/mol. The Bertz CT molecular complexity index is 1450. The predicted molar refractivity (Wildman–Crippen MR) is 146 cm³/mol. The number of amides is 2. The molecule has 5 rings (SSSR count). The number of benzene rings is 2. The Morgan fingerprint density at radius 1 is 1.25 bits per heavy atom. The highest BCUT2D eigenvalue weighted by molar-refractivity contribution is 8.00. The Kier molecular flexibility index (Phi) is 6.96. The van der Waals surface area contributed by atoms with Crippen LogP contribution in [0.25, 0.3) is 20.7 Å². The Hall–Kier alpha value is -3.02. The summed E-state index contributed by atoms with van der Waals surface area (Å²) in [5.41, 5.74) is 4.57. The molecule has 1 unspecified atom stereocenters. The number of aryl methyl sites for hydroxylation is 1. The second kappa shape index (κ2) is 10.2. The van der Waals surface area contributed by atoms with Gasteiger partial charge in [-0.05, 0) is 36.2 Å². The molecule has 2 amide bonds. The summed E-state index contributed by atoms with van der Waals surface area (Å²) < 4.78 is 15.2. The summed E-state index contributed by atoms with van der Waals surface area (Å²) >= 11 is 4.41. The first kappa shape index (κ1) is 24.7. The van der Waals surface area contributed by atoms with E-state index in [1.165, 1.54) is 28.7 Å². The summed E-state index contributed by atoms with van der Waals surface area (Å²) in [5, 5.41) is 3.43. The van der Waals surface area contributed by atoms with Crippen molar-refractivity contribution in [2.45, 2.75) is 12.3 Å². The molecule has 7 nitrogen and oxygen atoms in total. The van der Waals surface area contributed by atoms with Crippen LogP contribution in [0.2, 0.25) is 0 Å². The molecule has 2 aromatic carbocycles. The number of carbonyl (C=O) groups excluding carboxylic acids is 2. The standard InChI is InChI=1S/C25H24FN5O2S3/c1-14-7-8-15(11-17(14)26)21-20(29-25(36-21)30(2)3)24(33)31-9-10-34-19(31)12-27-23(32)16-5-4-6-18-22(16)35-13-28-18/h4-8,11,13,19H,9-10,12H2,1-3H3,(H,27,32). The van der Waals surface area contributed by atoms with Gasteiger partial charge in [-0.25, -0.2) is 14.4 Å². The molecule has 1 N–H and O–H groups in total. The number of halogens is 1. The lowest BCUT2D eigenvalue weighted by Crippen LogP contribution is -2.42. The largest absolute Gasteiger partial charge is 0.354 e. The summed E-state index contributed by atoms with van der Waals surface area (Å²) in [6.45, 7) is 2.56. The van der Waals surface area contributed by atoms with E-state index in [1.807, 2.05) is 37.2 Å². The quantitative estimate of drug-likeness (QED) is 0.375. The Morgan fingerprint density at radius 3 is 2.86 bits per heavy atom. The van der Waals surface area contributed by atoms with Gasteiger partial charge in [0.25, 0.3) is 11.8 Å². The third-order valence-electron chi connectivity index (χ3n) is 5.92. The van der Waals surface area contributed by atoms with E-state index in [0.29, 0.717) is 45.5 Å². The van der Waals surface area contributed by atoms with Gasteiger partial charge in [0.15, 0.2) is 5.13 Å². The molecule has 1 atom stereocenters. The van der Waals surface area contributed by atoms with E-state index in [0.717, 1.165) is 16.0 Å². The number of hydrogen-bond acceptors (Lipinski definition) is 8. The fourth-order valence-electron chi connectivity index (χ4n) is 3.97. The summed E-state index contributed by atoms with van der Waals surface area (Å²) in [6, 6.07) is 10.5. The molecule has 0 aliphatic carbocycles. The van der Waals surface area contributed by atoms with Crippen LogP contribution in [0.4, 0.5) is 9.52 Å². The number of carbonyl (C=O) groups is 2. The first-order chi connectivity index (χ1) is 17.3. The van der Waals surface area contributed by atoms with Crippen LogP contribution in [0, 0.1) is 12.7 Å². The van der Waals surface area contributed by atoms with Crippen LogP contribution in [0.1, 0.15) is 26.4 Å². The number of rotatable bonds is 6. The molecule has 4 aromatic rings. The molecule has 3 heterocycles. The van der Waals surface area contributed by atoms with E-state index in [2.05, 4.69) is 15.3 Å². The molecule has 36 heavy (non-hydrogen) atoms. The van der Waals surface area contributed by atoms with Gasteiger partial charge in [0, 0.05) is 32.9 Å². The fraction of sp³-hybridized carbons (Fsp3) is 0.280. The van der Waals surface area contributed by atoms with Gasteiger partial charge in [-0.2, -0.15) is 0 Å². The van der Waals surface area contributed by atoms with E-state index < -0.39 is 0 Å². The van der Waals surface area contributed by atoms with Gasteiger partial charge >= 0.3 is 0 Å². The molecule has 1 fully saturated rings. The van der Waals surface area contributed by atoms with Gasteiger partial charge in [-0.3, -0.25) is 9.59 Å². The summed E-state index contributed by atoms with van der Waals surface area (Å²) in [7, 11) is 3.72. The molecule has 11 heteroatoms. The monoisotopic (exact) mass is 541 g/mol. The first-order valence-electron chi connectivity index (χ1n) is 11.3. The van der Waals surface area contributed by atoms with E-state index >= 15 is 0 Å². The minimum atomic E-state index is -0.320. The number of hydrogen-bond donors (Lipinski definition) is 1. The van der Waals surface area contributed by atoms with Crippen LogP contribution >= 0.6 is 34.4 Å². The number of aromatic nitrogens is 2. The highest BCUT2D eigenvalue weighted by atomic mass is 32.2. The van der Waals surface area contributed by atoms with Crippen LogP contribution in [-0.2, 0) is 0 Å². The second-order valence-electron chi connectivity index (χ2n) is 8.57. The lowest BCUT2D eigenvalue weighted by Gasteiger charge is -2.24. The lowest BCUT2D eigenvalue weighted by molar-refractivity contribution is 0.0747. The highest BCUT2D eigenvalue weighted by Crippen LogP contribution is 2.37. The van der Waals surface area contributed by atoms with Crippen molar-refractivity contribution in [3.05, 3.63) is 64.5 Å². The SMILES string of the molecule is Cc1ccc(-c2sc(N(C)C)nc2C(=O)N2CCSC2CNC(=O)c2cccc3ncsc23)cc1F. The maximum absolute atomic E-state index is 14.4. The van der Waals surface area contributed by atoms with Crippen molar-refractivity contribution in [1.82, 2.24) is 20.2 Å². The zero-order valence-electron chi connectivity index (χ0n) is 19.9. The van der Waals surface area contributed by atoms with Crippen molar-refractivity contribution >= 4 is 61.6 Å². The van der Waals surface area contributed by atoms with Gasteiger partial charge in [-0.1, -0.05) is 29.5 Å².